The number of alkyl halides is 3. The van der Waals surface area contributed by atoms with Gasteiger partial charge in [0.05, 0.1) is 12.0 Å². The molecular formula is C17H24F3NO2. The fourth-order valence-electron chi connectivity index (χ4n) is 2.84. The Morgan fingerprint density at radius 2 is 1.83 bits per heavy atom. The lowest BCUT2D eigenvalue weighted by atomic mass is 9.84. The number of carboxylic acid groups (broad SMARTS) is 1. The van der Waals surface area contributed by atoms with Crippen LogP contribution in [0.25, 0.3) is 0 Å². The maximum absolute atomic E-state index is 12.5. The highest BCUT2D eigenvalue weighted by Gasteiger charge is 2.30. The quantitative estimate of drug-likeness (QED) is 0.754. The molecule has 1 rings (SSSR count). The lowest BCUT2D eigenvalue weighted by Gasteiger charge is -2.24. The van der Waals surface area contributed by atoms with Crippen LogP contribution >= 0.6 is 0 Å². The third-order valence-electron chi connectivity index (χ3n) is 4.11. The van der Waals surface area contributed by atoms with Crippen molar-refractivity contribution in [1.82, 2.24) is 0 Å². The third-order valence-corrected chi connectivity index (χ3v) is 4.11. The number of aliphatic carboxylic acids is 1. The second-order valence-corrected chi connectivity index (χ2v) is 6.17. The Balaban J connectivity index is 2.61. The van der Waals surface area contributed by atoms with Gasteiger partial charge < -0.3 is 10.8 Å². The summed E-state index contributed by atoms with van der Waals surface area (Å²) in [5.41, 5.74) is 6.12. The van der Waals surface area contributed by atoms with Gasteiger partial charge in [0, 0.05) is 6.04 Å². The van der Waals surface area contributed by atoms with E-state index in [1.54, 1.807) is 0 Å². The summed E-state index contributed by atoms with van der Waals surface area (Å²) >= 11 is 0. The maximum atomic E-state index is 12.5. The smallest absolute Gasteiger partial charge is 0.416 e. The van der Waals surface area contributed by atoms with Crippen molar-refractivity contribution in [3.63, 3.8) is 0 Å². The molecule has 0 fully saturated rings. The summed E-state index contributed by atoms with van der Waals surface area (Å²) in [5, 5.41) is 8.82. The first-order valence-corrected chi connectivity index (χ1v) is 7.77. The molecule has 0 aliphatic carbocycles. The molecule has 0 aromatic heterocycles. The van der Waals surface area contributed by atoms with Crippen molar-refractivity contribution >= 4 is 5.97 Å². The van der Waals surface area contributed by atoms with Crippen LogP contribution < -0.4 is 5.73 Å². The normalized spacial score (nSPS) is 15.9. The van der Waals surface area contributed by atoms with Gasteiger partial charge in [-0.3, -0.25) is 4.79 Å². The topological polar surface area (TPSA) is 63.3 Å². The minimum absolute atomic E-state index is 0.0640. The first-order valence-electron chi connectivity index (χ1n) is 7.77. The minimum Gasteiger partial charge on any atom is -0.481 e. The number of nitrogens with two attached hydrogens (primary N) is 1. The second kappa shape index (κ2) is 8.34. The number of carbonyl (C=O) groups is 1. The van der Waals surface area contributed by atoms with Gasteiger partial charge in [-0.25, -0.2) is 0 Å². The molecule has 6 heteroatoms. The molecule has 0 bridgehead atoms. The van der Waals surface area contributed by atoms with Crippen LogP contribution in [0.15, 0.2) is 24.3 Å². The number of benzene rings is 1. The van der Waals surface area contributed by atoms with Gasteiger partial charge in [0.2, 0.25) is 0 Å². The zero-order valence-corrected chi connectivity index (χ0v) is 13.4. The Morgan fingerprint density at radius 3 is 2.26 bits per heavy atom. The molecule has 0 aliphatic rings. The molecule has 3 nitrogen and oxygen atoms in total. The van der Waals surface area contributed by atoms with Crippen LogP contribution in [0.4, 0.5) is 13.2 Å². The van der Waals surface area contributed by atoms with Gasteiger partial charge >= 0.3 is 12.1 Å². The third kappa shape index (κ3) is 6.60. The van der Waals surface area contributed by atoms with Gasteiger partial charge in [0.15, 0.2) is 0 Å². The van der Waals surface area contributed by atoms with Crippen molar-refractivity contribution in [2.75, 3.05) is 0 Å². The van der Waals surface area contributed by atoms with E-state index >= 15 is 0 Å². The Bertz CT molecular complexity index is 500. The minimum atomic E-state index is -4.32. The largest absolute Gasteiger partial charge is 0.481 e. The van der Waals surface area contributed by atoms with E-state index in [-0.39, 0.29) is 18.3 Å². The Morgan fingerprint density at radius 1 is 1.26 bits per heavy atom. The van der Waals surface area contributed by atoms with Crippen molar-refractivity contribution in [2.45, 2.75) is 51.7 Å². The van der Waals surface area contributed by atoms with E-state index in [2.05, 4.69) is 0 Å². The Kier molecular flexibility index (Phi) is 7.06. The van der Waals surface area contributed by atoms with Crippen molar-refractivity contribution < 1.29 is 23.1 Å². The monoisotopic (exact) mass is 331 g/mol. The predicted octanol–water partition coefficient (Wildman–Crippen LogP) is 4.10. The average Bonchev–Trinajstić information content (AvgIpc) is 2.43. The van der Waals surface area contributed by atoms with E-state index < -0.39 is 23.8 Å². The summed E-state index contributed by atoms with van der Waals surface area (Å²) in [7, 11) is 0. The van der Waals surface area contributed by atoms with Gasteiger partial charge in [0.1, 0.15) is 0 Å². The van der Waals surface area contributed by atoms with Gasteiger partial charge in [-0.1, -0.05) is 32.4 Å². The summed E-state index contributed by atoms with van der Waals surface area (Å²) in [6, 6.07) is 4.78. The lowest BCUT2D eigenvalue weighted by molar-refractivity contribution is -0.138. The van der Waals surface area contributed by atoms with Gasteiger partial charge in [0.25, 0.3) is 0 Å². The van der Waals surface area contributed by atoms with Crippen LogP contribution in [0.1, 0.15) is 44.2 Å². The summed E-state index contributed by atoms with van der Waals surface area (Å²) < 4.78 is 37.6. The zero-order chi connectivity index (χ0) is 17.6. The molecule has 1 aromatic rings. The Hall–Kier alpha value is -1.56. The average molecular weight is 331 g/mol. The zero-order valence-electron chi connectivity index (χ0n) is 13.4. The highest BCUT2D eigenvalue weighted by atomic mass is 19.4. The van der Waals surface area contributed by atoms with E-state index in [0.29, 0.717) is 6.42 Å². The first-order chi connectivity index (χ1) is 10.6. The van der Waals surface area contributed by atoms with Gasteiger partial charge in [-0.05, 0) is 42.4 Å². The molecule has 0 aliphatic heterocycles. The molecule has 0 amide bonds. The molecule has 0 spiro atoms. The Labute approximate surface area is 134 Å². The maximum Gasteiger partial charge on any atom is 0.416 e. The van der Waals surface area contributed by atoms with Crippen molar-refractivity contribution in [1.29, 1.82) is 0 Å². The molecule has 3 N–H and O–H groups in total. The summed E-state index contributed by atoms with van der Waals surface area (Å²) in [5.74, 6) is -0.599. The van der Waals surface area contributed by atoms with Crippen LogP contribution in [-0.4, -0.2) is 17.1 Å². The highest BCUT2D eigenvalue weighted by molar-refractivity contribution is 5.67. The molecule has 0 heterocycles. The van der Waals surface area contributed by atoms with Gasteiger partial charge in [-0.15, -0.1) is 0 Å². The molecular weight excluding hydrogens is 307 g/mol. The first kappa shape index (κ1) is 19.5. The standard InChI is InChI=1S/C17H24F3NO2/c1-3-13(15(21)10-16(22)23)9-11(2)8-12-4-6-14(7-5-12)17(18,19)20/h4-7,11,13,15H,3,8-10,21H2,1-2H3,(H,22,23). The van der Waals surface area contributed by atoms with E-state index in [0.717, 1.165) is 30.5 Å². The summed E-state index contributed by atoms with van der Waals surface area (Å²) in [6.45, 7) is 3.98. The molecule has 1 aromatic carbocycles. The van der Waals surface area contributed by atoms with Crippen molar-refractivity contribution in [3.8, 4) is 0 Å². The van der Waals surface area contributed by atoms with Crippen LogP contribution in [0.5, 0.6) is 0 Å². The molecule has 3 unspecified atom stereocenters. The van der Waals surface area contributed by atoms with E-state index in [1.807, 2.05) is 13.8 Å². The molecule has 0 radical (unpaired) electrons. The van der Waals surface area contributed by atoms with Crippen LogP contribution in [0.2, 0.25) is 0 Å². The predicted molar refractivity (Wildman–Crippen MR) is 82.9 cm³/mol. The van der Waals surface area contributed by atoms with Crippen LogP contribution in [0.3, 0.4) is 0 Å². The van der Waals surface area contributed by atoms with Crippen LogP contribution in [0, 0.1) is 11.8 Å². The lowest BCUT2D eigenvalue weighted by Crippen LogP contribution is -2.33. The molecule has 130 valence electrons. The molecule has 0 saturated heterocycles. The number of hydrogen-bond acceptors (Lipinski definition) is 2. The molecule has 0 saturated carbocycles. The van der Waals surface area contributed by atoms with E-state index in [4.69, 9.17) is 10.8 Å². The molecule has 3 atom stereocenters. The second-order valence-electron chi connectivity index (χ2n) is 6.17. The SMILES string of the molecule is CCC(CC(C)Cc1ccc(C(F)(F)F)cc1)C(N)CC(=O)O. The van der Waals surface area contributed by atoms with Crippen molar-refractivity contribution in [2.24, 2.45) is 17.6 Å². The summed E-state index contributed by atoms with van der Waals surface area (Å²) in [4.78, 5) is 10.7. The fourth-order valence-corrected chi connectivity index (χ4v) is 2.84. The fraction of sp³-hybridized carbons (Fsp3) is 0.588. The van der Waals surface area contributed by atoms with E-state index in [9.17, 15) is 18.0 Å². The number of halogens is 3. The highest BCUT2D eigenvalue weighted by Crippen LogP contribution is 2.30. The van der Waals surface area contributed by atoms with E-state index in [1.165, 1.54) is 12.1 Å². The number of carboxylic acids is 1. The number of hydrogen-bond donors (Lipinski definition) is 2. The van der Waals surface area contributed by atoms with Crippen LogP contribution in [-0.2, 0) is 17.4 Å². The molecule has 23 heavy (non-hydrogen) atoms. The summed E-state index contributed by atoms with van der Waals surface area (Å²) in [6.07, 6.45) is -2.20. The number of rotatable bonds is 8. The van der Waals surface area contributed by atoms with Crippen molar-refractivity contribution in [3.05, 3.63) is 35.4 Å². The van der Waals surface area contributed by atoms with Gasteiger partial charge in [-0.2, -0.15) is 13.2 Å².